The first-order chi connectivity index (χ1) is 21.5. The molecule has 4 N–H and O–H groups in total. The maximum absolute atomic E-state index is 14.3. The summed E-state index contributed by atoms with van der Waals surface area (Å²) < 4.78 is 28.5. The van der Waals surface area contributed by atoms with Crippen molar-refractivity contribution in [1.29, 1.82) is 0 Å². The van der Waals surface area contributed by atoms with Gasteiger partial charge in [0.15, 0.2) is 0 Å². The summed E-state index contributed by atoms with van der Waals surface area (Å²) in [5, 5.41) is 25.3. The number of urea groups is 1. The summed E-state index contributed by atoms with van der Waals surface area (Å²) in [6.45, 7) is 5.50. The number of nitrogens with one attached hydrogen (secondary N) is 2. The highest BCUT2D eigenvalue weighted by Crippen LogP contribution is 2.38. The smallest absolute Gasteiger partial charge is 0.319 e. The second-order valence-corrected chi connectivity index (χ2v) is 11.4. The molecule has 0 bridgehead atoms. The topological polar surface area (TPSA) is 94.0 Å². The molecule has 0 saturated heterocycles. The highest BCUT2D eigenvalue weighted by molar-refractivity contribution is 6.34. The third-order valence-electron chi connectivity index (χ3n) is 8.21. The van der Waals surface area contributed by atoms with Gasteiger partial charge in [-0.05, 0) is 77.8 Å². The van der Waals surface area contributed by atoms with Crippen molar-refractivity contribution in [3.8, 4) is 11.5 Å². The molecule has 1 aliphatic carbocycles. The number of aliphatic imine (C=N–C) groups is 1. The van der Waals surface area contributed by atoms with Crippen LogP contribution in [-0.4, -0.2) is 36.3 Å². The fourth-order valence-electron chi connectivity index (χ4n) is 5.63. The molecule has 228 valence electrons. The van der Waals surface area contributed by atoms with Crippen LogP contribution in [0, 0.1) is 5.92 Å². The summed E-state index contributed by atoms with van der Waals surface area (Å²) in [4.78, 5) is 17.2. The van der Waals surface area contributed by atoms with Crippen LogP contribution in [0.3, 0.4) is 0 Å². The van der Waals surface area contributed by atoms with Crippen molar-refractivity contribution in [2.24, 2.45) is 10.9 Å². The van der Waals surface area contributed by atoms with Gasteiger partial charge in [-0.1, -0.05) is 79.2 Å². The molecule has 1 aliphatic heterocycles. The van der Waals surface area contributed by atoms with Crippen molar-refractivity contribution in [3.63, 3.8) is 0 Å². The van der Waals surface area contributed by atoms with Crippen LogP contribution in [-0.2, 0) is 18.9 Å². The first kappa shape index (κ1) is 31.5. The lowest BCUT2D eigenvalue weighted by atomic mass is 9.80. The number of halogens is 2. The summed E-state index contributed by atoms with van der Waals surface area (Å²) in [7, 11) is 6.26. The summed E-state index contributed by atoms with van der Waals surface area (Å²) in [6, 6.07) is 17.9. The van der Waals surface area contributed by atoms with Crippen LogP contribution in [0.15, 0.2) is 113 Å². The minimum atomic E-state index is -3.43. The number of fused-ring (bicyclic) bond motifs is 1. The van der Waals surface area contributed by atoms with Crippen molar-refractivity contribution in [3.05, 3.63) is 130 Å². The lowest BCUT2D eigenvalue weighted by Gasteiger charge is -2.24. The Morgan fingerprint density at radius 2 is 1.87 bits per heavy atom. The number of carbonyl (C=O) groups excluding carboxylic acids is 1. The number of hydrogen-bond donors (Lipinski definition) is 4. The van der Waals surface area contributed by atoms with Gasteiger partial charge < -0.3 is 20.8 Å². The van der Waals surface area contributed by atoms with Crippen molar-refractivity contribution >= 4 is 31.4 Å². The number of carbonyl (C=O) groups is 1. The number of para-hydroxylation sites is 1. The Morgan fingerprint density at radius 3 is 2.60 bits per heavy atom. The molecule has 0 spiro atoms. The fraction of sp³-hybridized carbons (Fsp3) is 0.222. The van der Waals surface area contributed by atoms with Gasteiger partial charge in [-0.25, -0.2) is 4.79 Å². The van der Waals surface area contributed by atoms with Gasteiger partial charge in [0, 0.05) is 18.3 Å². The predicted octanol–water partition coefficient (Wildman–Crippen LogP) is 7.56. The SMILES string of the molecule is [B]C1=C2C/C=C(c3ccccc3O)/C=C(/C(C)Cc3ccc(CNC(=O)Nc4ccc(O)cc4C(F)(F)C=C)cc3)CC2N=C1. The van der Waals surface area contributed by atoms with E-state index in [2.05, 4.69) is 41.3 Å². The van der Waals surface area contributed by atoms with Crippen molar-refractivity contribution in [2.75, 3.05) is 5.32 Å². The summed E-state index contributed by atoms with van der Waals surface area (Å²) in [6.07, 6.45) is 8.64. The number of nitrogens with zero attached hydrogens (tertiary/aromatic N) is 1. The van der Waals surface area contributed by atoms with Gasteiger partial charge >= 0.3 is 6.03 Å². The number of allylic oxidation sites excluding steroid dienone is 5. The van der Waals surface area contributed by atoms with E-state index < -0.39 is 17.5 Å². The largest absolute Gasteiger partial charge is 0.508 e. The number of benzene rings is 3. The molecule has 2 radical (unpaired) electrons. The third-order valence-corrected chi connectivity index (χ3v) is 8.21. The molecule has 2 unspecified atom stereocenters. The second kappa shape index (κ2) is 13.4. The second-order valence-electron chi connectivity index (χ2n) is 11.4. The Morgan fingerprint density at radius 1 is 1.13 bits per heavy atom. The predicted molar refractivity (Wildman–Crippen MR) is 176 cm³/mol. The Labute approximate surface area is 263 Å². The molecule has 2 atom stereocenters. The van der Waals surface area contributed by atoms with E-state index in [1.807, 2.05) is 36.4 Å². The van der Waals surface area contributed by atoms with Gasteiger partial charge in [0.25, 0.3) is 5.92 Å². The van der Waals surface area contributed by atoms with Gasteiger partial charge in [0.1, 0.15) is 19.3 Å². The number of amides is 2. The zero-order chi connectivity index (χ0) is 32.1. The fourth-order valence-corrected chi connectivity index (χ4v) is 5.63. The quantitative estimate of drug-likeness (QED) is 0.115. The van der Waals surface area contributed by atoms with Gasteiger partial charge in [-0.15, -0.1) is 0 Å². The number of phenolic OH excluding ortho intramolecular Hbond substituents is 2. The number of rotatable bonds is 9. The molecule has 45 heavy (non-hydrogen) atoms. The molecule has 3 aromatic carbocycles. The van der Waals surface area contributed by atoms with E-state index in [0.29, 0.717) is 18.0 Å². The first-order valence-electron chi connectivity index (χ1n) is 14.7. The van der Waals surface area contributed by atoms with Crippen LogP contribution in [0.1, 0.15) is 42.0 Å². The first-order valence-corrected chi connectivity index (χ1v) is 14.7. The number of aromatic hydroxyl groups is 2. The highest BCUT2D eigenvalue weighted by Gasteiger charge is 2.31. The standard InChI is InChI=1S/C36H34BF2N3O3/c1-3-36(38,39)30-19-27(43)13-15-32(30)42-35(45)41-20-24-10-8-23(9-11-24)16-22(2)26-17-25(28-6-4-5-7-34(28)44)12-14-29-31(37)21-40-33(29)18-26/h3-13,15,17,19,21-22,33,43-44H,1,14,16,18,20H2,2H3,(H2,41,42,45)/b25-12-,26-17+. The van der Waals surface area contributed by atoms with Crippen molar-refractivity contribution in [2.45, 2.75) is 44.7 Å². The van der Waals surface area contributed by atoms with Crippen LogP contribution in [0.2, 0.25) is 0 Å². The van der Waals surface area contributed by atoms with Crippen LogP contribution in [0.5, 0.6) is 11.5 Å². The third kappa shape index (κ3) is 7.43. The molecule has 0 fully saturated rings. The average molecular weight is 605 g/mol. The van der Waals surface area contributed by atoms with Crippen molar-refractivity contribution in [1.82, 2.24) is 5.32 Å². The van der Waals surface area contributed by atoms with E-state index in [0.717, 1.165) is 46.7 Å². The highest BCUT2D eigenvalue weighted by atomic mass is 19.3. The molecule has 0 aromatic heterocycles. The van der Waals surface area contributed by atoms with Crippen LogP contribution < -0.4 is 10.6 Å². The molecule has 5 rings (SSSR count). The zero-order valence-electron chi connectivity index (χ0n) is 24.9. The molecule has 3 aromatic rings. The molecule has 0 saturated carbocycles. The van der Waals surface area contributed by atoms with E-state index in [1.165, 1.54) is 17.7 Å². The monoisotopic (exact) mass is 605 g/mol. The molecule has 2 amide bonds. The summed E-state index contributed by atoms with van der Waals surface area (Å²) in [5.74, 6) is -3.38. The molecule has 6 nitrogen and oxygen atoms in total. The summed E-state index contributed by atoms with van der Waals surface area (Å²) in [5.41, 5.74) is 6.00. The molecule has 2 aliphatic rings. The number of phenols is 2. The average Bonchev–Trinajstić information content (AvgIpc) is 3.35. The number of hydrogen-bond acceptors (Lipinski definition) is 4. The molecule has 1 heterocycles. The number of anilines is 1. The van der Waals surface area contributed by atoms with Gasteiger partial charge in [0.05, 0.1) is 17.3 Å². The van der Waals surface area contributed by atoms with E-state index in [1.54, 1.807) is 18.3 Å². The van der Waals surface area contributed by atoms with E-state index in [-0.39, 0.29) is 35.7 Å². The van der Waals surface area contributed by atoms with Gasteiger partial charge in [0.2, 0.25) is 0 Å². The van der Waals surface area contributed by atoms with E-state index in [4.69, 9.17) is 7.85 Å². The van der Waals surface area contributed by atoms with E-state index in [9.17, 15) is 23.8 Å². The Bertz CT molecular complexity index is 1730. The minimum Gasteiger partial charge on any atom is -0.508 e. The van der Waals surface area contributed by atoms with E-state index >= 15 is 0 Å². The zero-order valence-corrected chi connectivity index (χ0v) is 24.9. The summed E-state index contributed by atoms with van der Waals surface area (Å²) >= 11 is 0. The lowest BCUT2D eigenvalue weighted by molar-refractivity contribution is 0.0531. The lowest BCUT2D eigenvalue weighted by Crippen LogP contribution is -2.29. The van der Waals surface area contributed by atoms with Gasteiger partial charge in [-0.3, -0.25) is 4.99 Å². The maximum atomic E-state index is 14.3. The Balaban J connectivity index is 1.25. The maximum Gasteiger partial charge on any atom is 0.319 e. The van der Waals surface area contributed by atoms with Crippen LogP contribution >= 0.6 is 0 Å². The molecular weight excluding hydrogens is 571 g/mol. The molecular formula is C36H34BF2N3O3. The normalized spacial score (nSPS) is 19.3. The van der Waals surface area contributed by atoms with Crippen molar-refractivity contribution < 1.29 is 23.8 Å². The van der Waals surface area contributed by atoms with Crippen LogP contribution in [0.4, 0.5) is 19.3 Å². The van der Waals surface area contributed by atoms with Gasteiger partial charge in [-0.2, -0.15) is 8.78 Å². The van der Waals surface area contributed by atoms with Crippen LogP contribution in [0.25, 0.3) is 5.57 Å². The molecule has 9 heteroatoms. The minimum absolute atomic E-state index is 0.00104. The number of alkyl halides is 2. The Kier molecular flexibility index (Phi) is 9.37. The Hall–Kier alpha value is -4.92.